The van der Waals surface area contributed by atoms with E-state index in [1.54, 1.807) is 25.1 Å². The van der Waals surface area contributed by atoms with Gasteiger partial charge >= 0.3 is 0 Å². The van der Waals surface area contributed by atoms with Gasteiger partial charge in [0.1, 0.15) is 17.4 Å². The molecule has 1 heterocycles. The van der Waals surface area contributed by atoms with Crippen LogP contribution in [-0.2, 0) is 22.4 Å². The van der Waals surface area contributed by atoms with Gasteiger partial charge in [0.05, 0.1) is 16.9 Å². The molecule has 0 aliphatic heterocycles. The molecule has 0 spiro atoms. The van der Waals surface area contributed by atoms with Gasteiger partial charge in [0.2, 0.25) is 0 Å². The van der Waals surface area contributed by atoms with Crippen LogP contribution >= 0.6 is 0 Å². The summed E-state index contributed by atoms with van der Waals surface area (Å²) in [6.45, 7) is 5.65. The number of halogens is 1. The second-order valence-electron chi connectivity index (χ2n) is 8.43. The minimum absolute atomic E-state index is 0.00924. The van der Waals surface area contributed by atoms with Gasteiger partial charge in [0.25, 0.3) is 5.56 Å². The molecule has 0 N–H and O–H groups in total. The maximum atomic E-state index is 13.5. The molecule has 0 bridgehead atoms. The average Bonchev–Trinajstić information content (AvgIpc) is 2.75. The molecule has 1 aliphatic carbocycles. The van der Waals surface area contributed by atoms with Crippen molar-refractivity contribution in [1.82, 2.24) is 9.55 Å². The van der Waals surface area contributed by atoms with E-state index in [1.165, 1.54) is 16.7 Å². The summed E-state index contributed by atoms with van der Waals surface area (Å²) in [6.07, 6.45) is 2.41. The first-order valence-corrected chi connectivity index (χ1v) is 10.8. The van der Waals surface area contributed by atoms with E-state index >= 15 is 0 Å². The van der Waals surface area contributed by atoms with E-state index in [0.29, 0.717) is 36.0 Å². The second kappa shape index (κ2) is 8.99. The lowest BCUT2D eigenvalue weighted by atomic mass is 9.90. The van der Waals surface area contributed by atoms with Crippen LogP contribution in [0.25, 0.3) is 10.9 Å². The zero-order valence-corrected chi connectivity index (χ0v) is 18.1. The third-order valence-electron chi connectivity index (χ3n) is 6.06. The predicted molar refractivity (Wildman–Crippen MR) is 121 cm³/mol. The molecule has 1 fully saturated rings. The van der Waals surface area contributed by atoms with Crippen LogP contribution in [0.4, 0.5) is 4.39 Å². The SMILES string of the molecule is C=C1CCC(n2c(C)nc3cccc(CCC(=O)Cc4ccc(F)cc4)c3c2=O)C(=O)C1. The number of fused-ring (bicyclic) bond motifs is 1. The van der Waals surface area contributed by atoms with Gasteiger partial charge in [0.15, 0.2) is 5.78 Å². The summed E-state index contributed by atoms with van der Waals surface area (Å²) in [5.74, 6) is 0.171. The number of rotatable bonds is 6. The average molecular weight is 432 g/mol. The lowest BCUT2D eigenvalue weighted by Crippen LogP contribution is -2.35. The first-order chi connectivity index (χ1) is 15.3. The topological polar surface area (TPSA) is 69.0 Å². The molecule has 1 atom stereocenters. The van der Waals surface area contributed by atoms with E-state index in [0.717, 1.165) is 16.7 Å². The fraction of sp³-hybridized carbons (Fsp3) is 0.308. The Morgan fingerprint density at radius 3 is 2.66 bits per heavy atom. The molecule has 6 heteroatoms. The Balaban J connectivity index is 1.61. The maximum Gasteiger partial charge on any atom is 0.262 e. The van der Waals surface area contributed by atoms with Crippen LogP contribution in [0.1, 0.15) is 48.7 Å². The Morgan fingerprint density at radius 1 is 1.19 bits per heavy atom. The van der Waals surface area contributed by atoms with Gasteiger partial charge in [-0.3, -0.25) is 19.0 Å². The van der Waals surface area contributed by atoms with Crippen molar-refractivity contribution in [3.8, 4) is 0 Å². The van der Waals surface area contributed by atoms with Crippen molar-refractivity contribution in [1.29, 1.82) is 0 Å². The Bertz CT molecular complexity index is 1270. The van der Waals surface area contributed by atoms with E-state index in [4.69, 9.17) is 0 Å². The van der Waals surface area contributed by atoms with Crippen molar-refractivity contribution in [2.24, 2.45) is 0 Å². The van der Waals surface area contributed by atoms with E-state index in [2.05, 4.69) is 11.6 Å². The first-order valence-electron chi connectivity index (χ1n) is 10.8. The highest BCUT2D eigenvalue weighted by Gasteiger charge is 2.28. The number of carbonyl (C=O) groups is 2. The standard InChI is InChI=1S/C26H25FN2O3/c1-16-6-13-23(24(31)14-16)29-17(2)28-22-5-3-4-19(25(22)26(29)32)9-12-21(30)15-18-7-10-20(27)11-8-18/h3-5,7-8,10-11,23H,1,6,9,12-15H2,2H3. The highest BCUT2D eigenvalue weighted by Crippen LogP contribution is 2.28. The molecule has 164 valence electrons. The number of benzene rings is 2. The fourth-order valence-electron chi connectivity index (χ4n) is 4.42. The zero-order valence-electron chi connectivity index (χ0n) is 18.1. The Morgan fingerprint density at radius 2 is 1.94 bits per heavy atom. The van der Waals surface area contributed by atoms with Crippen molar-refractivity contribution >= 4 is 22.5 Å². The molecule has 1 aliphatic rings. The summed E-state index contributed by atoms with van der Waals surface area (Å²) in [6, 6.07) is 10.8. The molecule has 2 aromatic carbocycles. The van der Waals surface area contributed by atoms with Crippen LogP contribution in [0.2, 0.25) is 0 Å². The highest BCUT2D eigenvalue weighted by atomic mass is 19.1. The van der Waals surface area contributed by atoms with E-state index in [9.17, 15) is 18.8 Å². The van der Waals surface area contributed by atoms with Gasteiger partial charge in [-0.1, -0.05) is 36.4 Å². The van der Waals surface area contributed by atoms with Crippen LogP contribution < -0.4 is 5.56 Å². The number of carbonyl (C=O) groups excluding carboxylic acids is 2. The van der Waals surface area contributed by atoms with E-state index in [1.807, 2.05) is 12.1 Å². The molecule has 3 aromatic rings. The van der Waals surface area contributed by atoms with Crippen LogP contribution in [0.15, 0.2) is 59.4 Å². The summed E-state index contributed by atoms with van der Waals surface area (Å²) >= 11 is 0. The molecule has 0 radical (unpaired) electrons. The summed E-state index contributed by atoms with van der Waals surface area (Å²) < 4.78 is 14.6. The quantitative estimate of drug-likeness (QED) is 0.540. The van der Waals surface area contributed by atoms with Gasteiger partial charge in [-0.15, -0.1) is 0 Å². The van der Waals surface area contributed by atoms with Crippen LogP contribution in [0.3, 0.4) is 0 Å². The molecule has 5 nitrogen and oxygen atoms in total. The molecule has 1 saturated carbocycles. The third kappa shape index (κ3) is 4.44. The number of hydrogen-bond acceptors (Lipinski definition) is 4. The van der Waals surface area contributed by atoms with Gasteiger partial charge in [0, 0.05) is 19.3 Å². The minimum atomic E-state index is -0.530. The van der Waals surface area contributed by atoms with E-state index < -0.39 is 6.04 Å². The number of nitrogens with zero attached hydrogens (tertiary/aromatic N) is 2. The summed E-state index contributed by atoms with van der Waals surface area (Å²) in [5.41, 5.74) is 2.73. The molecule has 32 heavy (non-hydrogen) atoms. The first kappa shape index (κ1) is 21.8. The van der Waals surface area contributed by atoms with Crippen molar-refractivity contribution in [3.05, 3.63) is 87.7 Å². The summed E-state index contributed by atoms with van der Waals surface area (Å²) in [4.78, 5) is 43.2. The maximum absolute atomic E-state index is 13.5. The Labute approximate surface area is 185 Å². The van der Waals surface area contributed by atoms with Crippen molar-refractivity contribution in [2.75, 3.05) is 0 Å². The largest absolute Gasteiger partial charge is 0.299 e. The number of aromatic nitrogens is 2. The van der Waals surface area contributed by atoms with Crippen molar-refractivity contribution in [3.63, 3.8) is 0 Å². The third-order valence-corrected chi connectivity index (χ3v) is 6.06. The lowest BCUT2D eigenvalue weighted by molar-refractivity contribution is -0.122. The fourth-order valence-corrected chi connectivity index (χ4v) is 4.42. The van der Waals surface area contributed by atoms with Gasteiger partial charge in [-0.25, -0.2) is 9.37 Å². The zero-order chi connectivity index (χ0) is 22.8. The van der Waals surface area contributed by atoms with Gasteiger partial charge in [-0.2, -0.15) is 0 Å². The van der Waals surface area contributed by atoms with E-state index in [-0.39, 0.29) is 42.2 Å². The smallest absolute Gasteiger partial charge is 0.262 e. The molecule has 4 rings (SSSR count). The van der Waals surface area contributed by atoms with Crippen molar-refractivity contribution < 1.29 is 14.0 Å². The Hall–Kier alpha value is -3.41. The van der Waals surface area contributed by atoms with Crippen molar-refractivity contribution in [2.45, 2.75) is 51.5 Å². The number of allylic oxidation sites excluding steroid dienone is 1. The molecule has 0 saturated heterocycles. The predicted octanol–water partition coefficient (Wildman–Crippen LogP) is 4.44. The minimum Gasteiger partial charge on any atom is -0.299 e. The molecule has 0 amide bonds. The lowest BCUT2D eigenvalue weighted by Gasteiger charge is -2.26. The molecular formula is C26H25FN2O3. The Kier molecular flexibility index (Phi) is 6.12. The van der Waals surface area contributed by atoms with Crippen LogP contribution in [0.5, 0.6) is 0 Å². The van der Waals surface area contributed by atoms with Crippen LogP contribution in [0, 0.1) is 12.7 Å². The molecular weight excluding hydrogens is 407 g/mol. The summed E-state index contributed by atoms with van der Waals surface area (Å²) in [7, 11) is 0. The number of hydrogen-bond donors (Lipinski definition) is 0. The number of Topliss-reactive ketones (excluding diaryl/α,β-unsaturated/α-hetero) is 2. The number of aryl methyl sites for hydroxylation is 2. The van der Waals surface area contributed by atoms with Gasteiger partial charge in [-0.05, 0) is 55.5 Å². The monoisotopic (exact) mass is 432 g/mol. The van der Waals surface area contributed by atoms with Crippen LogP contribution in [-0.4, -0.2) is 21.1 Å². The normalized spacial score (nSPS) is 16.5. The molecule has 1 unspecified atom stereocenters. The number of ketones is 2. The highest BCUT2D eigenvalue weighted by molar-refractivity contribution is 5.87. The second-order valence-corrected chi connectivity index (χ2v) is 8.43. The van der Waals surface area contributed by atoms with Gasteiger partial charge < -0.3 is 0 Å². The summed E-state index contributed by atoms with van der Waals surface area (Å²) in [5, 5.41) is 0.463. The molecule has 1 aromatic heterocycles.